The van der Waals surface area contributed by atoms with Crippen molar-refractivity contribution in [2.75, 3.05) is 38.6 Å². The van der Waals surface area contributed by atoms with Crippen molar-refractivity contribution in [1.82, 2.24) is 5.32 Å². The summed E-state index contributed by atoms with van der Waals surface area (Å²) in [5, 5.41) is 4.90. The summed E-state index contributed by atoms with van der Waals surface area (Å²) in [5.41, 5.74) is -0.445. The zero-order valence-corrected chi connectivity index (χ0v) is 13.8. The van der Waals surface area contributed by atoms with Gasteiger partial charge in [-0.3, -0.25) is 9.59 Å². The van der Waals surface area contributed by atoms with Crippen LogP contribution in [0.2, 0.25) is 0 Å². The predicted octanol–water partition coefficient (Wildman–Crippen LogP) is -0.148. The molecule has 25 heavy (non-hydrogen) atoms. The normalized spacial score (nSPS) is 18.0. The zero-order chi connectivity index (χ0) is 18.4. The predicted molar refractivity (Wildman–Crippen MR) is 83.6 cm³/mol. The second-order valence-corrected chi connectivity index (χ2v) is 6.02. The molecule has 0 aromatic heterocycles. The molecule has 0 saturated carbocycles. The van der Waals surface area contributed by atoms with Crippen LogP contribution in [0.1, 0.15) is 12.8 Å². The van der Waals surface area contributed by atoms with E-state index in [-0.39, 0.29) is 25.1 Å². The number of carbonyl (C=O) groups is 2. The maximum Gasteiger partial charge on any atom is 0.279 e. The molecular weight excluding hydrogens is 339 g/mol. The summed E-state index contributed by atoms with van der Waals surface area (Å²) < 4.78 is 44.9. The fourth-order valence-corrected chi connectivity index (χ4v) is 2.52. The van der Waals surface area contributed by atoms with Crippen LogP contribution >= 0.6 is 0 Å². The van der Waals surface area contributed by atoms with Crippen molar-refractivity contribution in [3.8, 4) is 0 Å². The van der Waals surface area contributed by atoms with E-state index in [0.29, 0.717) is 18.1 Å². The van der Waals surface area contributed by atoms with Gasteiger partial charge in [-0.05, 0) is 25.0 Å². The van der Waals surface area contributed by atoms with E-state index in [4.69, 9.17) is 4.74 Å². The third kappa shape index (κ3) is 5.71. The average Bonchev–Trinajstić information content (AvgIpc) is 3.07. The number of ether oxygens (including phenoxy) is 1. The van der Waals surface area contributed by atoms with Crippen molar-refractivity contribution in [3.05, 3.63) is 29.6 Å². The van der Waals surface area contributed by atoms with Crippen LogP contribution in [0.4, 0.5) is 18.9 Å². The third-order valence-corrected chi connectivity index (χ3v) is 3.78. The van der Waals surface area contributed by atoms with Crippen LogP contribution in [0.5, 0.6) is 0 Å². The molecular formula is C16H21F3N3O3+. The monoisotopic (exact) mass is 360 g/mol. The van der Waals surface area contributed by atoms with Gasteiger partial charge in [0.05, 0.1) is 18.8 Å². The van der Waals surface area contributed by atoms with Gasteiger partial charge in [0.2, 0.25) is 0 Å². The summed E-state index contributed by atoms with van der Waals surface area (Å²) in [5.74, 6) is -5.29. The first kappa shape index (κ1) is 19.2. The molecule has 0 spiro atoms. The molecule has 3 N–H and O–H groups in total. The number of quaternary nitrogens is 1. The number of hydrogen-bond donors (Lipinski definition) is 3. The van der Waals surface area contributed by atoms with Crippen LogP contribution in [-0.4, -0.2) is 51.2 Å². The van der Waals surface area contributed by atoms with E-state index in [2.05, 4.69) is 10.6 Å². The Morgan fingerprint density at radius 3 is 2.60 bits per heavy atom. The second kappa shape index (κ2) is 8.82. The van der Waals surface area contributed by atoms with Crippen molar-refractivity contribution in [1.29, 1.82) is 0 Å². The van der Waals surface area contributed by atoms with Crippen LogP contribution < -0.4 is 15.5 Å². The summed E-state index contributed by atoms with van der Waals surface area (Å²) in [6.07, 6.45) is 1.92. The second-order valence-electron chi connectivity index (χ2n) is 6.02. The number of carbonyl (C=O) groups excluding carboxylic acids is 2. The molecule has 1 aliphatic rings. The number of halogens is 3. The molecule has 1 unspecified atom stereocenters. The molecule has 1 aromatic carbocycles. The van der Waals surface area contributed by atoms with E-state index in [9.17, 15) is 22.8 Å². The number of hydrogen-bond acceptors (Lipinski definition) is 3. The molecule has 1 heterocycles. The number of likely N-dealkylation sites (N-methyl/N-ethyl adjacent to an activating group) is 1. The highest BCUT2D eigenvalue weighted by molar-refractivity contribution is 5.91. The van der Waals surface area contributed by atoms with Crippen LogP contribution in [-0.2, 0) is 14.3 Å². The molecule has 0 bridgehead atoms. The van der Waals surface area contributed by atoms with Gasteiger partial charge < -0.3 is 20.3 Å². The van der Waals surface area contributed by atoms with Crippen LogP contribution in [0.3, 0.4) is 0 Å². The van der Waals surface area contributed by atoms with Crippen molar-refractivity contribution >= 4 is 17.5 Å². The summed E-state index contributed by atoms with van der Waals surface area (Å²) in [6, 6.07) is 1.67. The molecule has 9 heteroatoms. The van der Waals surface area contributed by atoms with Crippen LogP contribution in [0.25, 0.3) is 0 Å². The lowest BCUT2D eigenvalue weighted by Crippen LogP contribution is -3.11. The summed E-state index contributed by atoms with van der Waals surface area (Å²) in [6.45, 7) is 1.04. The van der Waals surface area contributed by atoms with Gasteiger partial charge in [0.1, 0.15) is 0 Å². The van der Waals surface area contributed by atoms with Gasteiger partial charge in [0, 0.05) is 13.2 Å². The molecule has 6 nitrogen and oxygen atoms in total. The highest BCUT2D eigenvalue weighted by Crippen LogP contribution is 2.19. The van der Waals surface area contributed by atoms with Crippen molar-refractivity contribution < 1.29 is 32.4 Å². The Morgan fingerprint density at radius 1 is 1.20 bits per heavy atom. The van der Waals surface area contributed by atoms with Crippen molar-refractivity contribution in [2.45, 2.75) is 18.9 Å². The number of amides is 2. The number of nitrogens with one attached hydrogen (secondary N) is 3. The average molecular weight is 360 g/mol. The minimum Gasteiger partial charge on any atom is -0.376 e. The van der Waals surface area contributed by atoms with Gasteiger partial charge in [-0.2, -0.15) is 0 Å². The summed E-state index contributed by atoms with van der Waals surface area (Å²) >= 11 is 0. The molecule has 1 saturated heterocycles. The maximum atomic E-state index is 13.5. The molecule has 0 radical (unpaired) electrons. The highest BCUT2D eigenvalue weighted by atomic mass is 19.2. The lowest BCUT2D eigenvalue weighted by molar-refractivity contribution is -0.862. The Bertz CT molecular complexity index is 637. The van der Waals surface area contributed by atoms with E-state index < -0.39 is 29.0 Å². The molecule has 0 aliphatic carbocycles. The summed E-state index contributed by atoms with van der Waals surface area (Å²) in [7, 11) is 1.62. The molecule has 138 valence electrons. The Morgan fingerprint density at radius 2 is 1.92 bits per heavy atom. The minimum atomic E-state index is -1.65. The number of anilines is 1. The lowest BCUT2D eigenvalue weighted by atomic mass is 10.2. The quantitative estimate of drug-likeness (QED) is 0.593. The van der Waals surface area contributed by atoms with E-state index in [1.165, 1.54) is 0 Å². The summed E-state index contributed by atoms with van der Waals surface area (Å²) in [4.78, 5) is 24.2. The zero-order valence-electron chi connectivity index (χ0n) is 13.8. The topological polar surface area (TPSA) is 71.9 Å². The van der Waals surface area contributed by atoms with E-state index in [1.807, 2.05) is 0 Å². The first-order valence-corrected chi connectivity index (χ1v) is 7.99. The lowest BCUT2D eigenvalue weighted by Gasteiger charge is -2.15. The molecule has 2 rings (SSSR count). The Balaban J connectivity index is 1.75. The van der Waals surface area contributed by atoms with Gasteiger partial charge in [-0.15, -0.1) is 0 Å². The Kier molecular flexibility index (Phi) is 6.77. The molecule has 2 atom stereocenters. The minimum absolute atomic E-state index is 0.0314. The largest absolute Gasteiger partial charge is 0.376 e. The van der Waals surface area contributed by atoms with Crippen molar-refractivity contribution in [2.24, 2.45) is 0 Å². The highest BCUT2D eigenvalue weighted by Gasteiger charge is 2.20. The number of rotatable bonds is 7. The molecule has 1 aliphatic heterocycles. The van der Waals surface area contributed by atoms with Gasteiger partial charge in [-0.25, -0.2) is 13.2 Å². The van der Waals surface area contributed by atoms with Gasteiger partial charge >= 0.3 is 0 Å². The van der Waals surface area contributed by atoms with E-state index in [1.54, 1.807) is 7.05 Å². The van der Waals surface area contributed by atoms with Gasteiger partial charge in [0.25, 0.3) is 11.8 Å². The first-order valence-electron chi connectivity index (χ1n) is 7.99. The van der Waals surface area contributed by atoms with E-state index in [0.717, 1.165) is 25.0 Å². The van der Waals surface area contributed by atoms with Crippen LogP contribution in [0, 0.1) is 17.5 Å². The molecule has 1 fully saturated rings. The standard InChI is InChI=1S/C16H20F3N3O3/c1-22(8-13(23)20-7-10-3-2-6-25-10)9-14(24)21-12-5-4-11(17)15(18)16(12)19/h4-5,10H,2-3,6-9H2,1H3,(H,20,23)(H,21,24)/p+1/t10-/m0/s1. The first-order chi connectivity index (χ1) is 11.9. The third-order valence-electron chi connectivity index (χ3n) is 3.78. The molecule has 2 amide bonds. The number of benzene rings is 1. The SMILES string of the molecule is C[NH+](CC(=O)NC[C@@H]1CCCO1)CC(=O)Nc1ccc(F)c(F)c1F. The van der Waals surface area contributed by atoms with Crippen LogP contribution in [0.15, 0.2) is 12.1 Å². The van der Waals surface area contributed by atoms with Gasteiger partial charge in [-0.1, -0.05) is 0 Å². The smallest absolute Gasteiger partial charge is 0.279 e. The fraction of sp³-hybridized carbons (Fsp3) is 0.500. The molecule has 1 aromatic rings. The Hall–Kier alpha value is -2.13. The maximum absolute atomic E-state index is 13.5. The Labute approximate surface area is 143 Å². The van der Waals surface area contributed by atoms with E-state index >= 15 is 0 Å². The van der Waals surface area contributed by atoms with Crippen molar-refractivity contribution in [3.63, 3.8) is 0 Å². The van der Waals surface area contributed by atoms with Gasteiger partial charge in [0.15, 0.2) is 30.5 Å². The fourth-order valence-electron chi connectivity index (χ4n) is 2.52.